The number of pyridine rings is 1. The molecular weight excluding hydrogens is 172 g/mol. The first-order chi connectivity index (χ1) is 5.90. The van der Waals surface area contributed by atoms with Crippen LogP contribution in [0.15, 0.2) is 18.5 Å². The highest BCUT2D eigenvalue weighted by Gasteiger charge is 2.02. The topological polar surface area (TPSA) is 35.0 Å². The van der Waals surface area contributed by atoms with Gasteiger partial charge in [0.1, 0.15) is 5.52 Å². The third-order valence-electron chi connectivity index (χ3n) is 1.44. The first kappa shape index (κ1) is 7.49. The molecule has 4 heteroatoms. The Balaban J connectivity index is 2.47. The Morgan fingerprint density at radius 3 is 3.25 bits per heavy atom. The van der Waals surface area contributed by atoms with Crippen LogP contribution in [0.3, 0.4) is 0 Å². The van der Waals surface area contributed by atoms with Gasteiger partial charge < -0.3 is 4.74 Å². The van der Waals surface area contributed by atoms with Crippen LogP contribution in [-0.2, 0) is 0 Å². The van der Waals surface area contributed by atoms with Gasteiger partial charge in [0, 0.05) is 6.20 Å². The van der Waals surface area contributed by atoms with Crippen LogP contribution in [0.1, 0.15) is 6.92 Å². The molecular formula is C8H8N2OS. The lowest BCUT2D eigenvalue weighted by Crippen LogP contribution is -1.89. The molecule has 0 aromatic carbocycles. The second-order valence-electron chi connectivity index (χ2n) is 2.26. The number of aromatic nitrogens is 2. The summed E-state index contributed by atoms with van der Waals surface area (Å²) in [6.45, 7) is 2.61. The Hall–Kier alpha value is -1.16. The smallest absolute Gasteiger partial charge is 0.274 e. The molecule has 2 rings (SSSR count). The summed E-state index contributed by atoms with van der Waals surface area (Å²) in [6, 6.07) is 1.94. The number of rotatable bonds is 2. The van der Waals surface area contributed by atoms with Gasteiger partial charge in [0.2, 0.25) is 0 Å². The Kier molecular flexibility index (Phi) is 1.91. The largest absolute Gasteiger partial charge is 0.470 e. The van der Waals surface area contributed by atoms with E-state index in [-0.39, 0.29) is 0 Å². The average Bonchev–Trinajstić information content (AvgIpc) is 2.47. The third kappa shape index (κ3) is 1.25. The molecule has 0 aliphatic carbocycles. The maximum atomic E-state index is 5.27. The van der Waals surface area contributed by atoms with E-state index in [9.17, 15) is 0 Å². The highest BCUT2D eigenvalue weighted by Crippen LogP contribution is 2.26. The van der Waals surface area contributed by atoms with Gasteiger partial charge in [0.15, 0.2) is 0 Å². The first-order valence-corrected chi connectivity index (χ1v) is 4.55. The lowest BCUT2D eigenvalue weighted by molar-refractivity contribution is 0.339. The second kappa shape index (κ2) is 3.06. The first-order valence-electron chi connectivity index (χ1n) is 3.73. The molecule has 0 amide bonds. The molecule has 0 spiro atoms. The van der Waals surface area contributed by atoms with Gasteiger partial charge in [-0.25, -0.2) is 4.98 Å². The van der Waals surface area contributed by atoms with Gasteiger partial charge in [-0.1, -0.05) is 11.3 Å². The minimum atomic E-state index is 0.660. The van der Waals surface area contributed by atoms with Crippen LogP contribution in [0.25, 0.3) is 10.2 Å². The van der Waals surface area contributed by atoms with E-state index < -0.39 is 0 Å². The van der Waals surface area contributed by atoms with Crippen molar-refractivity contribution in [2.24, 2.45) is 0 Å². The van der Waals surface area contributed by atoms with Gasteiger partial charge in [-0.15, -0.1) is 0 Å². The summed E-state index contributed by atoms with van der Waals surface area (Å²) in [5.74, 6) is 0. The van der Waals surface area contributed by atoms with Crippen molar-refractivity contribution in [3.05, 3.63) is 18.5 Å². The normalized spacial score (nSPS) is 10.4. The van der Waals surface area contributed by atoms with Gasteiger partial charge in [0.05, 0.1) is 17.5 Å². The average molecular weight is 180 g/mol. The van der Waals surface area contributed by atoms with Gasteiger partial charge in [0.25, 0.3) is 5.19 Å². The van der Waals surface area contributed by atoms with E-state index in [1.807, 2.05) is 13.0 Å². The zero-order valence-corrected chi connectivity index (χ0v) is 7.47. The molecule has 0 saturated carbocycles. The molecule has 0 unspecified atom stereocenters. The number of hydrogen-bond acceptors (Lipinski definition) is 4. The summed E-state index contributed by atoms with van der Waals surface area (Å²) >= 11 is 1.55. The molecule has 0 bridgehead atoms. The summed E-state index contributed by atoms with van der Waals surface area (Å²) in [5.41, 5.74) is 0.908. The van der Waals surface area contributed by atoms with Crippen molar-refractivity contribution < 1.29 is 4.74 Å². The van der Waals surface area contributed by atoms with Gasteiger partial charge >= 0.3 is 0 Å². The standard InChI is InChI=1S/C8H8N2OS/c1-2-11-8-10-6-5-9-4-3-7(6)12-8/h3-5H,2H2,1H3. The Labute approximate surface area is 74.0 Å². The van der Waals surface area contributed by atoms with Crippen LogP contribution < -0.4 is 4.74 Å². The molecule has 0 saturated heterocycles. The van der Waals surface area contributed by atoms with Crippen LogP contribution in [0.5, 0.6) is 5.19 Å². The van der Waals surface area contributed by atoms with Crippen LogP contribution >= 0.6 is 11.3 Å². The van der Waals surface area contributed by atoms with Crippen molar-refractivity contribution in [2.75, 3.05) is 6.61 Å². The number of fused-ring (bicyclic) bond motifs is 1. The van der Waals surface area contributed by atoms with Crippen molar-refractivity contribution >= 4 is 21.6 Å². The molecule has 0 N–H and O–H groups in total. The maximum absolute atomic E-state index is 5.27. The van der Waals surface area contributed by atoms with Crippen molar-refractivity contribution in [3.63, 3.8) is 0 Å². The van der Waals surface area contributed by atoms with E-state index in [0.717, 1.165) is 15.4 Å². The summed E-state index contributed by atoms with van der Waals surface area (Å²) in [6.07, 6.45) is 3.50. The molecule has 0 aliphatic heterocycles. The molecule has 2 heterocycles. The fourth-order valence-corrected chi connectivity index (χ4v) is 1.78. The lowest BCUT2D eigenvalue weighted by Gasteiger charge is -1.92. The minimum Gasteiger partial charge on any atom is -0.470 e. The van der Waals surface area contributed by atoms with E-state index in [0.29, 0.717) is 6.61 Å². The molecule has 3 nitrogen and oxygen atoms in total. The van der Waals surface area contributed by atoms with E-state index in [2.05, 4.69) is 9.97 Å². The molecule has 0 atom stereocenters. The predicted octanol–water partition coefficient (Wildman–Crippen LogP) is 2.09. The molecule has 2 aromatic rings. The van der Waals surface area contributed by atoms with Crippen molar-refractivity contribution in [2.45, 2.75) is 6.92 Å². The number of hydrogen-bond donors (Lipinski definition) is 0. The fourth-order valence-electron chi connectivity index (χ4n) is 0.944. The lowest BCUT2D eigenvalue weighted by atomic mass is 10.5. The summed E-state index contributed by atoms with van der Waals surface area (Å²) in [5, 5.41) is 0.723. The maximum Gasteiger partial charge on any atom is 0.274 e. The van der Waals surface area contributed by atoms with E-state index in [1.54, 1.807) is 23.7 Å². The molecule has 0 aliphatic rings. The zero-order valence-electron chi connectivity index (χ0n) is 6.65. The SMILES string of the molecule is CCOc1nc2cnccc2s1. The van der Waals surface area contributed by atoms with Gasteiger partial charge in [-0.05, 0) is 13.0 Å². The summed E-state index contributed by atoms with van der Waals surface area (Å²) < 4.78 is 6.39. The molecule has 0 radical (unpaired) electrons. The van der Waals surface area contributed by atoms with Crippen LogP contribution in [0.2, 0.25) is 0 Å². The summed E-state index contributed by atoms with van der Waals surface area (Å²) in [7, 11) is 0. The quantitative estimate of drug-likeness (QED) is 0.709. The Morgan fingerprint density at radius 2 is 2.50 bits per heavy atom. The zero-order chi connectivity index (χ0) is 8.39. The van der Waals surface area contributed by atoms with Crippen molar-refractivity contribution in [1.29, 1.82) is 0 Å². The fraction of sp³-hybridized carbons (Fsp3) is 0.250. The minimum absolute atomic E-state index is 0.660. The van der Waals surface area contributed by atoms with Crippen LogP contribution in [0, 0.1) is 0 Å². The molecule has 62 valence electrons. The molecule has 0 fully saturated rings. The number of thiazole rings is 1. The van der Waals surface area contributed by atoms with Gasteiger partial charge in [-0.3, -0.25) is 4.98 Å². The van der Waals surface area contributed by atoms with Crippen LogP contribution in [0.4, 0.5) is 0 Å². The third-order valence-corrected chi connectivity index (χ3v) is 2.39. The molecule has 12 heavy (non-hydrogen) atoms. The predicted molar refractivity (Wildman–Crippen MR) is 48.6 cm³/mol. The number of ether oxygens (including phenoxy) is 1. The Bertz CT molecular complexity index is 352. The van der Waals surface area contributed by atoms with E-state index >= 15 is 0 Å². The summed E-state index contributed by atoms with van der Waals surface area (Å²) in [4.78, 5) is 8.21. The second-order valence-corrected chi connectivity index (χ2v) is 3.25. The van der Waals surface area contributed by atoms with Gasteiger partial charge in [-0.2, -0.15) is 0 Å². The van der Waals surface area contributed by atoms with Crippen LogP contribution in [-0.4, -0.2) is 16.6 Å². The van der Waals surface area contributed by atoms with Crippen molar-refractivity contribution in [3.8, 4) is 5.19 Å². The monoisotopic (exact) mass is 180 g/mol. The van der Waals surface area contributed by atoms with E-state index in [4.69, 9.17) is 4.74 Å². The van der Waals surface area contributed by atoms with Crippen molar-refractivity contribution in [1.82, 2.24) is 9.97 Å². The van der Waals surface area contributed by atoms with E-state index in [1.165, 1.54) is 0 Å². The highest BCUT2D eigenvalue weighted by atomic mass is 32.1. The number of nitrogens with zero attached hydrogens (tertiary/aromatic N) is 2. The molecule has 2 aromatic heterocycles. The highest BCUT2D eigenvalue weighted by molar-refractivity contribution is 7.20. The Morgan fingerprint density at radius 1 is 1.58 bits per heavy atom.